The molecule has 0 aromatic carbocycles. The van der Waals surface area contributed by atoms with Crippen molar-refractivity contribution in [3.05, 3.63) is 36.0 Å². The van der Waals surface area contributed by atoms with Gasteiger partial charge in [0.25, 0.3) is 0 Å². The number of H-pyrrole nitrogens is 2. The van der Waals surface area contributed by atoms with Crippen molar-refractivity contribution in [2.45, 2.75) is 23.9 Å². The van der Waals surface area contributed by atoms with Crippen LogP contribution in [0.5, 0.6) is 0 Å². The molecule has 2 aromatic rings. The van der Waals surface area contributed by atoms with Gasteiger partial charge in [0.15, 0.2) is 11.6 Å². The average Bonchev–Trinajstić information content (AvgIpc) is 3.46. The Hall–Kier alpha value is -2.60. The molecule has 0 saturated heterocycles. The molecule has 28 heavy (non-hydrogen) atoms. The van der Waals surface area contributed by atoms with Crippen molar-refractivity contribution in [1.29, 1.82) is 0 Å². The van der Waals surface area contributed by atoms with Gasteiger partial charge < -0.3 is 11.5 Å². The van der Waals surface area contributed by atoms with E-state index in [4.69, 9.17) is 11.5 Å². The normalized spacial score (nSPS) is 25.3. The quantitative estimate of drug-likeness (QED) is 0.354. The van der Waals surface area contributed by atoms with Crippen molar-refractivity contribution in [3.63, 3.8) is 0 Å². The van der Waals surface area contributed by atoms with Crippen molar-refractivity contribution in [2.24, 2.45) is 9.98 Å². The second-order valence-electron chi connectivity index (χ2n) is 6.35. The van der Waals surface area contributed by atoms with Crippen molar-refractivity contribution in [2.75, 3.05) is 23.0 Å². The number of allylic oxidation sites excluding steroid dienone is 2. The number of nitrogen functional groups attached to an aromatic ring is 2. The van der Waals surface area contributed by atoms with Gasteiger partial charge in [-0.3, -0.25) is 20.2 Å². The molecule has 2 aliphatic heterocycles. The van der Waals surface area contributed by atoms with Crippen molar-refractivity contribution >= 4 is 45.9 Å². The minimum absolute atomic E-state index is 0.232. The Bertz CT molecular complexity index is 841. The number of anilines is 2. The third-order valence-electron chi connectivity index (χ3n) is 4.57. The molecule has 2 unspecified atom stereocenters. The maximum Gasteiger partial charge on any atom is 0.239 e. The maximum atomic E-state index is 5.65. The van der Waals surface area contributed by atoms with Gasteiger partial charge in [-0.05, 0) is 37.1 Å². The SMILES string of the molecule is Nc1n[nH]c(C2(CCSSCCC3(c4nc(N)n[nH]4)C=CC=N3)C=CC=N2)n1. The van der Waals surface area contributed by atoms with Crippen molar-refractivity contribution in [1.82, 2.24) is 30.4 Å². The minimum atomic E-state index is -0.505. The number of aromatic nitrogens is 6. The lowest BCUT2D eigenvalue weighted by Gasteiger charge is -2.22. The van der Waals surface area contributed by atoms with Gasteiger partial charge >= 0.3 is 0 Å². The first-order chi connectivity index (χ1) is 13.6. The Morgan fingerprint density at radius 3 is 1.57 bits per heavy atom. The molecule has 4 rings (SSSR count). The number of hydrogen-bond acceptors (Lipinski definition) is 10. The summed E-state index contributed by atoms with van der Waals surface area (Å²) in [4.78, 5) is 17.7. The van der Waals surface area contributed by atoms with Crippen LogP contribution < -0.4 is 11.5 Å². The van der Waals surface area contributed by atoms with Crippen LogP contribution in [0.15, 0.2) is 34.3 Å². The molecule has 12 heteroatoms. The van der Waals surface area contributed by atoms with Crippen LogP contribution in [0, 0.1) is 0 Å². The maximum absolute atomic E-state index is 5.65. The summed E-state index contributed by atoms with van der Waals surface area (Å²) in [6.45, 7) is 0. The van der Waals surface area contributed by atoms with E-state index in [0.29, 0.717) is 11.6 Å². The highest BCUT2D eigenvalue weighted by atomic mass is 33.1. The summed E-state index contributed by atoms with van der Waals surface area (Å²) >= 11 is 0. The van der Waals surface area contributed by atoms with Gasteiger partial charge in [0.1, 0.15) is 11.1 Å². The monoisotopic (exact) mass is 416 g/mol. The van der Waals surface area contributed by atoms with E-state index in [1.807, 2.05) is 24.3 Å². The number of aromatic amines is 2. The lowest BCUT2D eigenvalue weighted by molar-refractivity contribution is 0.524. The number of hydrogen-bond donors (Lipinski definition) is 4. The van der Waals surface area contributed by atoms with Crippen LogP contribution in [0.25, 0.3) is 0 Å². The number of rotatable bonds is 9. The van der Waals surface area contributed by atoms with Crippen LogP contribution in [-0.2, 0) is 11.1 Å². The molecule has 0 bridgehead atoms. The van der Waals surface area contributed by atoms with Crippen LogP contribution in [0.2, 0.25) is 0 Å². The second-order valence-corrected chi connectivity index (χ2v) is 9.05. The molecule has 0 radical (unpaired) electrons. The van der Waals surface area contributed by atoms with Gasteiger partial charge in [0, 0.05) is 23.9 Å². The van der Waals surface area contributed by atoms with Gasteiger partial charge in [0.2, 0.25) is 11.9 Å². The molecule has 6 N–H and O–H groups in total. The molecule has 0 amide bonds. The molecule has 0 aliphatic carbocycles. The highest BCUT2D eigenvalue weighted by Crippen LogP contribution is 2.38. The first-order valence-corrected chi connectivity index (χ1v) is 11.2. The molecule has 0 saturated carbocycles. The molecule has 146 valence electrons. The minimum Gasteiger partial charge on any atom is -0.367 e. The zero-order valence-corrected chi connectivity index (χ0v) is 16.6. The molecule has 0 fully saturated rings. The van der Waals surface area contributed by atoms with Gasteiger partial charge in [-0.1, -0.05) is 21.6 Å². The van der Waals surface area contributed by atoms with Crippen molar-refractivity contribution in [3.8, 4) is 0 Å². The third kappa shape index (κ3) is 3.69. The first-order valence-electron chi connectivity index (χ1n) is 8.69. The lowest BCUT2D eigenvalue weighted by atomic mass is 9.97. The topological polar surface area (TPSA) is 160 Å². The molecule has 4 heterocycles. The van der Waals surface area contributed by atoms with E-state index in [2.05, 4.69) is 40.3 Å². The standard InChI is InChI=1S/C16H20N10S2/c17-13-21-11(23-25-13)15(3-1-7-19-15)5-9-27-28-10-6-16(4-2-8-20-16)12-22-14(18)26-24-12/h1-4,7-8H,5-6,9-10H2,(H3,17,21,23,25)(H3,18,22,24,26). The second kappa shape index (κ2) is 7.80. The smallest absolute Gasteiger partial charge is 0.239 e. The summed E-state index contributed by atoms with van der Waals surface area (Å²) in [5, 5.41) is 13.6. The molecular formula is C16H20N10S2. The van der Waals surface area contributed by atoms with E-state index < -0.39 is 11.1 Å². The van der Waals surface area contributed by atoms with Crippen LogP contribution in [0.1, 0.15) is 24.5 Å². The zero-order valence-electron chi connectivity index (χ0n) is 14.9. The Kier molecular flexibility index (Phi) is 5.22. The fourth-order valence-corrected chi connectivity index (χ4v) is 5.34. The predicted molar refractivity (Wildman–Crippen MR) is 114 cm³/mol. The van der Waals surface area contributed by atoms with Gasteiger partial charge in [-0.25, -0.2) is 0 Å². The van der Waals surface area contributed by atoms with E-state index in [0.717, 1.165) is 24.3 Å². The fraction of sp³-hybridized carbons (Fsp3) is 0.375. The van der Waals surface area contributed by atoms with Crippen LogP contribution in [-0.4, -0.2) is 54.3 Å². The summed E-state index contributed by atoms with van der Waals surface area (Å²) in [5.41, 5.74) is 10.3. The molecule has 0 spiro atoms. The number of nitrogens with one attached hydrogen (secondary N) is 2. The van der Waals surface area contributed by atoms with E-state index in [9.17, 15) is 0 Å². The van der Waals surface area contributed by atoms with E-state index >= 15 is 0 Å². The Morgan fingerprint density at radius 1 is 0.786 bits per heavy atom. The number of nitrogens with zero attached hydrogens (tertiary/aromatic N) is 6. The fourth-order valence-electron chi connectivity index (χ4n) is 3.10. The lowest BCUT2D eigenvalue weighted by Crippen LogP contribution is -2.22. The van der Waals surface area contributed by atoms with Gasteiger partial charge in [0.05, 0.1) is 0 Å². The summed E-state index contributed by atoms with van der Waals surface area (Å²) in [6.07, 6.45) is 13.1. The van der Waals surface area contributed by atoms with E-state index in [1.165, 1.54) is 0 Å². The van der Waals surface area contributed by atoms with Crippen LogP contribution >= 0.6 is 21.6 Å². The zero-order chi connectivity index (χ0) is 19.5. The molecule has 2 atom stereocenters. The Labute approximate surface area is 169 Å². The molecule has 10 nitrogen and oxygen atoms in total. The number of aliphatic imine (C=N–C) groups is 2. The Balaban J connectivity index is 1.28. The van der Waals surface area contributed by atoms with E-state index in [-0.39, 0.29) is 11.9 Å². The van der Waals surface area contributed by atoms with Crippen molar-refractivity contribution < 1.29 is 0 Å². The molecule has 2 aromatic heterocycles. The highest BCUT2D eigenvalue weighted by Gasteiger charge is 2.35. The Morgan fingerprint density at radius 2 is 1.25 bits per heavy atom. The number of nitrogens with two attached hydrogens (primary N) is 2. The third-order valence-corrected chi connectivity index (χ3v) is 6.98. The summed E-state index contributed by atoms with van der Waals surface area (Å²) < 4.78 is 0. The van der Waals surface area contributed by atoms with E-state index in [1.54, 1.807) is 34.0 Å². The predicted octanol–water partition coefficient (Wildman–Crippen LogP) is 1.62. The molecule has 2 aliphatic rings. The first kappa shape index (κ1) is 18.7. The summed E-state index contributed by atoms with van der Waals surface area (Å²) in [5.74, 6) is 3.61. The highest BCUT2D eigenvalue weighted by molar-refractivity contribution is 8.76. The average molecular weight is 417 g/mol. The van der Waals surface area contributed by atoms with Gasteiger partial charge in [-0.15, -0.1) is 10.2 Å². The van der Waals surface area contributed by atoms with Crippen LogP contribution in [0.4, 0.5) is 11.9 Å². The largest absolute Gasteiger partial charge is 0.367 e. The molecular weight excluding hydrogens is 396 g/mol. The van der Waals surface area contributed by atoms with Gasteiger partial charge in [-0.2, -0.15) is 9.97 Å². The van der Waals surface area contributed by atoms with Crippen LogP contribution in [0.3, 0.4) is 0 Å². The summed E-state index contributed by atoms with van der Waals surface area (Å²) in [6, 6.07) is 0. The summed E-state index contributed by atoms with van der Waals surface area (Å²) in [7, 11) is 3.58.